The number of ether oxygens (including phenoxy) is 1. The number of nitrogens with zero attached hydrogens (tertiary/aromatic N) is 3. The van der Waals surface area contributed by atoms with Gasteiger partial charge in [-0.1, -0.05) is 0 Å². The van der Waals surface area contributed by atoms with Crippen LogP contribution >= 0.6 is 0 Å². The van der Waals surface area contributed by atoms with Crippen LogP contribution in [0, 0.1) is 28.6 Å². The van der Waals surface area contributed by atoms with Crippen molar-refractivity contribution in [3.8, 4) is 23.1 Å². The van der Waals surface area contributed by atoms with E-state index in [9.17, 15) is 9.18 Å². The summed E-state index contributed by atoms with van der Waals surface area (Å²) in [7, 11) is 0. The summed E-state index contributed by atoms with van der Waals surface area (Å²) in [6.45, 7) is 0. The van der Waals surface area contributed by atoms with Crippen molar-refractivity contribution < 1.29 is 16.8 Å². The summed E-state index contributed by atoms with van der Waals surface area (Å²) >= 11 is 0. The van der Waals surface area contributed by atoms with Crippen molar-refractivity contribution in [3.63, 3.8) is 0 Å². The molecular weight excluding hydrogens is 411 g/mol. The van der Waals surface area contributed by atoms with Crippen LogP contribution in [0.25, 0.3) is 11.3 Å². The first-order chi connectivity index (χ1) is 15.5. The third kappa shape index (κ3) is 4.39. The fraction of sp³-hybridized carbons (Fsp3) is 0.174. The maximum absolute atomic E-state index is 14.4. The molecule has 1 aliphatic carbocycles. The maximum Gasteiger partial charge on any atom is 0.258 e. The smallest absolute Gasteiger partial charge is 0.258 e. The number of nitrogens with one attached hydrogen (secondary N) is 2. The molecule has 1 saturated carbocycles. The molecular formula is C23H23FN6O2. The van der Waals surface area contributed by atoms with E-state index >= 15 is 0 Å². The van der Waals surface area contributed by atoms with Crippen molar-refractivity contribution in [2.75, 3.05) is 11.1 Å². The summed E-state index contributed by atoms with van der Waals surface area (Å²) in [5.74, 6) is -0.514. The Morgan fingerprint density at radius 1 is 1.25 bits per heavy atom. The summed E-state index contributed by atoms with van der Waals surface area (Å²) < 4.78 is 20.1. The summed E-state index contributed by atoms with van der Waals surface area (Å²) in [6, 6.07) is 16.2. The van der Waals surface area contributed by atoms with E-state index in [0.717, 1.165) is 0 Å². The standard InChI is InChI=1S/C23H19FN6O2.2H2/c24-19-6-1-14(20-7-8-21(30-27)22(26)29-20)11-18(19)23(31)28-15-2-4-16(5-3-15)32-17-9-13(10-17)12-25;;/h1-8,11,13,17,27H,9-10H2,(H2,26,29)(H,28,31);2*1H. The van der Waals surface area contributed by atoms with Crippen LogP contribution in [-0.2, 0) is 0 Å². The largest absolute Gasteiger partial charge is 0.490 e. The zero-order valence-electron chi connectivity index (χ0n) is 16.9. The predicted molar refractivity (Wildman–Crippen MR) is 120 cm³/mol. The Balaban J connectivity index is 0.00000204. The number of pyridine rings is 1. The lowest BCUT2D eigenvalue weighted by atomic mass is 9.83. The molecule has 0 saturated heterocycles. The lowest BCUT2D eigenvalue weighted by Crippen LogP contribution is -2.32. The average Bonchev–Trinajstić information content (AvgIpc) is 2.77. The van der Waals surface area contributed by atoms with Crippen LogP contribution in [0.4, 0.5) is 21.6 Å². The lowest BCUT2D eigenvalue weighted by molar-refractivity contribution is 0.0893. The fourth-order valence-electron chi connectivity index (χ4n) is 3.36. The van der Waals surface area contributed by atoms with Gasteiger partial charge in [-0.25, -0.2) is 14.9 Å². The Morgan fingerprint density at radius 3 is 2.66 bits per heavy atom. The number of halogens is 1. The van der Waals surface area contributed by atoms with Crippen LogP contribution in [-0.4, -0.2) is 17.0 Å². The second-order valence-corrected chi connectivity index (χ2v) is 7.42. The van der Waals surface area contributed by atoms with Gasteiger partial charge in [-0.3, -0.25) is 4.79 Å². The number of carbonyl (C=O) groups is 1. The number of anilines is 2. The Morgan fingerprint density at radius 2 is 2.00 bits per heavy atom. The third-order valence-corrected chi connectivity index (χ3v) is 5.22. The predicted octanol–water partition coefficient (Wildman–Crippen LogP) is 5.56. The molecule has 1 fully saturated rings. The molecule has 1 amide bonds. The molecule has 8 nitrogen and oxygen atoms in total. The highest BCUT2D eigenvalue weighted by atomic mass is 19.1. The number of aromatic nitrogens is 1. The Bertz CT molecular complexity index is 1230. The van der Waals surface area contributed by atoms with Gasteiger partial charge in [-0.15, -0.1) is 0 Å². The number of hydrogen-bond donors (Lipinski definition) is 3. The Kier molecular flexibility index (Phi) is 5.77. The van der Waals surface area contributed by atoms with E-state index in [1.54, 1.807) is 30.3 Å². The molecule has 4 rings (SSSR count). The number of nitrogen functional groups attached to an aromatic ring is 1. The second kappa shape index (κ2) is 8.81. The number of nitriles is 1. The number of carbonyl (C=O) groups excluding carboxylic acids is 1. The molecule has 0 bridgehead atoms. The summed E-state index contributed by atoms with van der Waals surface area (Å²) in [4.78, 5) is 16.8. The summed E-state index contributed by atoms with van der Waals surface area (Å²) in [6.07, 6.45) is 1.46. The van der Waals surface area contributed by atoms with Gasteiger partial charge in [0.05, 0.1) is 23.2 Å². The van der Waals surface area contributed by atoms with E-state index < -0.39 is 11.7 Å². The van der Waals surface area contributed by atoms with Gasteiger partial charge in [0.2, 0.25) is 0 Å². The fourth-order valence-corrected chi connectivity index (χ4v) is 3.36. The van der Waals surface area contributed by atoms with Gasteiger partial charge in [-0.2, -0.15) is 10.4 Å². The van der Waals surface area contributed by atoms with Gasteiger partial charge < -0.3 is 15.8 Å². The minimum atomic E-state index is -0.672. The molecule has 0 unspecified atom stereocenters. The summed E-state index contributed by atoms with van der Waals surface area (Å²) in [5.41, 5.74) is 14.3. The van der Waals surface area contributed by atoms with E-state index in [2.05, 4.69) is 21.5 Å². The molecule has 0 spiro atoms. The summed E-state index contributed by atoms with van der Waals surface area (Å²) in [5, 5.41) is 14.8. The number of nitrogens with two attached hydrogens (primary N) is 1. The first kappa shape index (κ1) is 20.9. The van der Waals surface area contributed by atoms with Crippen LogP contribution in [0.1, 0.15) is 26.1 Å². The van der Waals surface area contributed by atoms with Gasteiger partial charge in [0.1, 0.15) is 23.4 Å². The molecule has 1 heterocycles. The zero-order chi connectivity index (χ0) is 22.7. The number of benzene rings is 2. The van der Waals surface area contributed by atoms with E-state index in [-0.39, 0.29) is 31.9 Å². The van der Waals surface area contributed by atoms with E-state index in [1.807, 2.05) is 0 Å². The third-order valence-electron chi connectivity index (χ3n) is 5.22. The van der Waals surface area contributed by atoms with Crippen molar-refractivity contribution in [1.82, 2.24) is 4.98 Å². The van der Waals surface area contributed by atoms with Crippen molar-refractivity contribution in [2.24, 2.45) is 11.0 Å². The number of hydrogen-bond acceptors (Lipinski definition) is 7. The van der Waals surface area contributed by atoms with Crippen LogP contribution < -0.4 is 15.8 Å². The van der Waals surface area contributed by atoms with Gasteiger partial charge >= 0.3 is 0 Å². The van der Waals surface area contributed by atoms with Gasteiger partial charge in [0.25, 0.3) is 5.91 Å². The minimum Gasteiger partial charge on any atom is -0.490 e. The monoisotopic (exact) mass is 434 g/mol. The molecule has 4 N–H and O–H groups in total. The van der Waals surface area contributed by atoms with Crippen molar-refractivity contribution in [3.05, 3.63) is 66.0 Å². The molecule has 9 heteroatoms. The quantitative estimate of drug-likeness (QED) is 0.436. The average molecular weight is 434 g/mol. The maximum atomic E-state index is 14.4. The van der Waals surface area contributed by atoms with E-state index in [0.29, 0.717) is 35.5 Å². The Hall–Kier alpha value is -4.32. The highest BCUT2D eigenvalue weighted by Gasteiger charge is 2.30. The first-order valence-electron chi connectivity index (χ1n) is 9.88. The molecule has 1 aromatic heterocycles. The van der Waals surface area contributed by atoms with Crippen LogP contribution in [0.3, 0.4) is 0 Å². The molecule has 0 aliphatic heterocycles. The normalized spacial score (nSPS) is 17.0. The topological polar surface area (TPSA) is 137 Å². The van der Waals surface area contributed by atoms with Gasteiger partial charge in [-0.05, 0) is 54.6 Å². The molecule has 0 atom stereocenters. The molecule has 0 radical (unpaired) electrons. The SMILES string of the molecule is N#CC1CC(Oc2ccc(NC(=O)c3cc(-c4ccc(N=N)c(N)n4)ccc3F)cc2)C1.[HH].[HH]. The Labute approximate surface area is 186 Å². The first-order valence-corrected chi connectivity index (χ1v) is 9.88. The highest BCUT2D eigenvalue weighted by molar-refractivity contribution is 6.05. The number of rotatable bonds is 6. The van der Waals surface area contributed by atoms with Gasteiger partial charge in [0.15, 0.2) is 5.82 Å². The van der Waals surface area contributed by atoms with Crippen LogP contribution in [0.2, 0.25) is 0 Å². The highest BCUT2D eigenvalue weighted by Crippen LogP contribution is 2.31. The van der Waals surface area contributed by atoms with E-state index in [1.165, 1.54) is 24.3 Å². The van der Waals surface area contributed by atoms with E-state index in [4.69, 9.17) is 21.3 Å². The van der Waals surface area contributed by atoms with Gasteiger partial charge in [0, 0.05) is 26.9 Å². The molecule has 3 aromatic rings. The molecule has 1 aliphatic rings. The van der Waals surface area contributed by atoms with Crippen molar-refractivity contribution >= 4 is 23.1 Å². The molecule has 164 valence electrons. The minimum absolute atomic E-state index is 0. The van der Waals surface area contributed by atoms with Crippen LogP contribution in [0.15, 0.2) is 59.7 Å². The second-order valence-electron chi connectivity index (χ2n) is 7.42. The number of amides is 1. The molecule has 2 aromatic carbocycles. The van der Waals surface area contributed by atoms with Crippen molar-refractivity contribution in [2.45, 2.75) is 18.9 Å². The zero-order valence-corrected chi connectivity index (χ0v) is 16.9. The molecule has 32 heavy (non-hydrogen) atoms. The van der Waals surface area contributed by atoms with Crippen molar-refractivity contribution in [1.29, 1.82) is 10.8 Å². The van der Waals surface area contributed by atoms with Crippen LogP contribution in [0.5, 0.6) is 5.75 Å². The lowest BCUT2D eigenvalue weighted by Gasteiger charge is -2.30.